The number of thioether (sulfide) groups is 1. The van der Waals surface area contributed by atoms with Crippen molar-refractivity contribution in [2.24, 2.45) is 0 Å². The minimum Gasteiger partial charge on any atom is -0.443 e. The number of hydrogen-bond donors (Lipinski definition) is 0. The minimum absolute atomic E-state index is 0.252. The Labute approximate surface area is 122 Å². The molecule has 2 nitrogen and oxygen atoms in total. The van der Waals surface area contributed by atoms with E-state index in [0.29, 0.717) is 5.56 Å². The molecular formula is C17H14O2S. The van der Waals surface area contributed by atoms with Crippen LogP contribution < -0.4 is 0 Å². The highest BCUT2D eigenvalue weighted by Gasteiger charge is 2.24. The summed E-state index contributed by atoms with van der Waals surface area (Å²) in [7, 11) is 0. The fraction of sp³-hybridized carbons (Fsp3) is 0.118. The molecule has 1 aliphatic heterocycles. The quantitative estimate of drug-likeness (QED) is 0.768. The van der Waals surface area contributed by atoms with Gasteiger partial charge in [0.25, 0.3) is 0 Å². The molecule has 0 fully saturated rings. The molecule has 0 amide bonds. The van der Waals surface area contributed by atoms with Gasteiger partial charge < -0.3 is 4.74 Å². The van der Waals surface area contributed by atoms with E-state index in [4.69, 9.17) is 4.74 Å². The van der Waals surface area contributed by atoms with Crippen LogP contribution in [0.5, 0.6) is 0 Å². The van der Waals surface area contributed by atoms with Crippen LogP contribution in [-0.4, -0.2) is 11.4 Å². The molecule has 0 saturated carbocycles. The molecule has 0 N–H and O–H groups in total. The Morgan fingerprint density at radius 3 is 2.65 bits per heavy atom. The van der Waals surface area contributed by atoms with Crippen LogP contribution in [-0.2, 0) is 4.74 Å². The van der Waals surface area contributed by atoms with Gasteiger partial charge in [-0.25, -0.2) is 4.79 Å². The van der Waals surface area contributed by atoms with E-state index < -0.39 is 0 Å². The van der Waals surface area contributed by atoms with Gasteiger partial charge in [0.1, 0.15) is 0 Å². The van der Waals surface area contributed by atoms with E-state index in [2.05, 4.69) is 31.2 Å². The highest BCUT2D eigenvalue weighted by molar-refractivity contribution is 8.00. The molecule has 1 unspecified atom stereocenters. The molecule has 2 aromatic carbocycles. The molecule has 3 heteroatoms. The predicted molar refractivity (Wildman–Crippen MR) is 81.7 cm³/mol. The zero-order chi connectivity index (χ0) is 13.9. The number of hydrogen-bond acceptors (Lipinski definition) is 3. The number of carbonyl (C=O) groups is 1. The Bertz CT molecular complexity index is 659. The molecule has 1 aliphatic rings. The SMILES string of the molecule is Cc1ccc(/C=C/C2OC(=O)c3ccccc3S2)cc1. The van der Waals surface area contributed by atoms with Crippen molar-refractivity contribution >= 4 is 23.8 Å². The van der Waals surface area contributed by atoms with Crippen molar-refractivity contribution < 1.29 is 9.53 Å². The van der Waals surface area contributed by atoms with E-state index in [-0.39, 0.29) is 11.4 Å². The molecule has 0 radical (unpaired) electrons. The number of cyclic esters (lactones) is 1. The number of benzene rings is 2. The van der Waals surface area contributed by atoms with Crippen LogP contribution in [0.15, 0.2) is 59.5 Å². The summed E-state index contributed by atoms with van der Waals surface area (Å²) in [5.74, 6) is -0.252. The number of rotatable bonds is 2. The minimum atomic E-state index is -0.265. The van der Waals surface area contributed by atoms with Gasteiger partial charge >= 0.3 is 5.97 Å². The molecule has 3 rings (SSSR count). The third-order valence-electron chi connectivity index (χ3n) is 3.10. The summed E-state index contributed by atoms with van der Waals surface area (Å²) in [5, 5.41) is 0. The largest absolute Gasteiger partial charge is 0.443 e. The van der Waals surface area contributed by atoms with Gasteiger partial charge in [-0.05, 0) is 30.7 Å². The van der Waals surface area contributed by atoms with Crippen LogP contribution in [0.3, 0.4) is 0 Å². The summed E-state index contributed by atoms with van der Waals surface area (Å²) in [6, 6.07) is 15.8. The third-order valence-corrected chi connectivity index (χ3v) is 4.19. The van der Waals surface area contributed by atoms with Crippen molar-refractivity contribution in [3.63, 3.8) is 0 Å². The predicted octanol–water partition coefficient (Wildman–Crippen LogP) is 4.30. The summed E-state index contributed by atoms with van der Waals surface area (Å²) in [5.41, 5.74) is 2.72. The Balaban J connectivity index is 1.77. The molecule has 0 bridgehead atoms. The van der Waals surface area contributed by atoms with Crippen molar-refractivity contribution in [3.8, 4) is 0 Å². The maximum atomic E-state index is 11.9. The normalized spacial score (nSPS) is 17.9. The highest BCUT2D eigenvalue weighted by Crippen LogP contribution is 2.34. The summed E-state index contributed by atoms with van der Waals surface area (Å²) in [6.07, 6.45) is 3.90. The lowest BCUT2D eigenvalue weighted by Crippen LogP contribution is -2.18. The van der Waals surface area contributed by atoms with Crippen LogP contribution in [0.4, 0.5) is 0 Å². The first kappa shape index (κ1) is 13.0. The summed E-state index contributed by atoms with van der Waals surface area (Å²) >= 11 is 1.55. The monoisotopic (exact) mass is 282 g/mol. The zero-order valence-corrected chi connectivity index (χ0v) is 11.9. The first-order valence-corrected chi connectivity index (χ1v) is 7.32. The maximum absolute atomic E-state index is 11.9. The van der Waals surface area contributed by atoms with Crippen molar-refractivity contribution in [2.45, 2.75) is 17.3 Å². The van der Waals surface area contributed by atoms with Crippen LogP contribution in [0, 0.1) is 6.92 Å². The molecular weight excluding hydrogens is 268 g/mol. The summed E-state index contributed by atoms with van der Waals surface area (Å²) < 4.78 is 5.40. The van der Waals surface area contributed by atoms with Gasteiger partial charge in [0.2, 0.25) is 0 Å². The lowest BCUT2D eigenvalue weighted by molar-refractivity contribution is 0.0497. The topological polar surface area (TPSA) is 26.3 Å². The van der Waals surface area contributed by atoms with Crippen molar-refractivity contribution in [2.75, 3.05) is 0 Å². The Hall–Kier alpha value is -2.00. The smallest absolute Gasteiger partial charge is 0.340 e. The van der Waals surface area contributed by atoms with Gasteiger partial charge in [-0.15, -0.1) is 0 Å². The van der Waals surface area contributed by atoms with Gasteiger partial charge in [-0.1, -0.05) is 59.8 Å². The molecule has 2 aromatic rings. The summed E-state index contributed by atoms with van der Waals surface area (Å²) in [4.78, 5) is 12.9. The van der Waals surface area contributed by atoms with Crippen molar-refractivity contribution in [3.05, 3.63) is 71.3 Å². The second-order valence-corrected chi connectivity index (χ2v) is 5.80. The molecule has 100 valence electrons. The van der Waals surface area contributed by atoms with E-state index in [9.17, 15) is 4.79 Å². The van der Waals surface area contributed by atoms with Gasteiger partial charge in [-0.3, -0.25) is 0 Å². The van der Waals surface area contributed by atoms with Crippen molar-refractivity contribution in [1.29, 1.82) is 0 Å². The maximum Gasteiger partial charge on any atom is 0.340 e. The van der Waals surface area contributed by atoms with Crippen LogP contribution in [0.2, 0.25) is 0 Å². The number of carbonyl (C=O) groups excluding carboxylic acids is 1. The molecule has 1 atom stereocenters. The zero-order valence-electron chi connectivity index (χ0n) is 11.1. The first-order valence-electron chi connectivity index (χ1n) is 6.44. The fourth-order valence-electron chi connectivity index (χ4n) is 2.00. The van der Waals surface area contributed by atoms with Gasteiger partial charge in [-0.2, -0.15) is 0 Å². The molecule has 0 saturated heterocycles. The van der Waals surface area contributed by atoms with E-state index >= 15 is 0 Å². The van der Waals surface area contributed by atoms with E-state index in [1.54, 1.807) is 17.8 Å². The Morgan fingerprint density at radius 1 is 1.10 bits per heavy atom. The number of fused-ring (bicyclic) bond motifs is 1. The average Bonchev–Trinajstić information content (AvgIpc) is 2.47. The second kappa shape index (κ2) is 5.55. The van der Waals surface area contributed by atoms with Crippen LogP contribution in [0.1, 0.15) is 21.5 Å². The van der Waals surface area contributed by atoms with Crippen LogP contribution >= 0.6 is 11.8 Å². The standard InChI is InChI=1S/C17H14O2S/c1-12-6-8-13(9-7-12)10-11-16-19-17(18)14-4-2-3-5-15(14)20-16/h2-11,16H,1H3/b11-10+. The van der Waals surface area contributed by atoms with Gasteiger partial charge in [0, 0.05) is 4.90 Å². The number of esters is 1. The summed E-state index contributed by atoms with van der Waals surface area (Å²) in [6.45, 7) is 2.06. The highest BCUT2D eigenvalue weighted by atomic mass is 32.2. The molecule has 1 heterocycles. The Kier molecular flexibility index (Phi) is 3.61. The van der Waals surface area contributed by atoms with Crippen molar-refractivity contribution in [1.82, 2.24) is 0 Å². The number of ether oxygens (including phenoxy) is 1. The molecule has 0 spiro atoms. The van der Waals surface area contributed by atoms with E-state index in [1.165, 1.54) is 5.56 Å². The van der Waals surface area contributed by atoms with Crippen LogP contribution in [0.25, 0.3) is 6.08 Å². The lowest BCUT2D eigenvalue weighted by atomic mass is 10.1. The average molecular weight is 282 g/mol. The lowest BCUT2D eigenvalue weighted by Gasteiger charge is -2.21. The fourth-order valence-corrected chi connectivity index (χ4v) is 2.98. The molecule has 0 aromatic heterocycles. The molecule has 0 aliphatic carbocycles. The first-order chi connectivity index (χ1) is 9.72. The third kappa shape index (κ3) is 2.78. The second-order valence-electron chi connectivity index (χ2n) is 4.66. The van der Waals surface area contributed by atoms with Gasteiger partial charge in [0.15, 0.2) is 5.44 Å². The van der Waals surface area contributed by atoms with Gasteiger partial charge in [0.05, 0.1) is 5.56 Å². The van der Waals surface area contributed by atoms with E-state index in [1.807, 2.05) is 30.4 Å². The number of aryl methyl sites for hydroxylation is 1. The Morgan fingerprint density at radius 2 is 1.85 bits per heavy atom. The van der Waals surface area contributed by atoms with E-state index in [0.717, 1.165) is 10.5 Å². The molecule has 20 heavy (non-hydrogen) atoms.